The Kier molecular flexibility index (Phi) is 16.5. The summed E-state index contributed by atoms with van der Waals surface area (Å²) in [6.07, 6.45) is 10.9. The minimum absolute atomic E-state index is 0.00175. The van der Waals surface area contributed by atoms with E-state index < -0.39 is 12.1 Å². The van der Waals surface area contributed by atoms with Crippen molar-refractivity contribution in [2.45, 2.75) is 114 Å². The molecule has 3 saturated heterocycles. The van der Waals surface area contributed by atoms with Gasteiger partial charge in [-0.05, 0) is 121 Å². The van der Waals surface area contributed by atoms with E-state index in [9.17, 15) is 14.9 Å². The summed E-state index contributed by atoms with van der Waals surface area (Å²) in [7, 11) is 7.54. The van der Waals surface area contributed by atoms with Gasteiger partial charge in [-0.2, -0.15) is 20.2 Å². The highest BCUT2D eigenvalue weighted by Gasteiger charge is 2.42. The van der Waals surface area contributed by atoms with Crippen molar-refractivity contribution in [3.63, 3.8) is 0 Å². The molecule has 19 nitrogen and oxygen atoms in total. The topological polar surface area (TPSA) is 183 Å². The van der Waals surface area contributed by atoms with Crippen LogP contribution < -0.4 is 39.3 Å². The number of aromatic nitrogens is 4. The highest BCUT2D eigenvalue weighted by atomic mass is 35.5. The molecule has 0 unspecified atom stereocenters. The number of hydrogen-bond donors (Lipinski definition) is 1. The molecule has 3 amide bonds. The number of nitriles is 1. The van der Waals surface area contributed by atoms with Gasteiger partial charge in [-0.15, -0.1) is 0 Å². The number of nitrogens with one attached hydrogen (secondary N) is 1. The molecular formula is C61H75ClN14O5. The van der Waals surface area contributed by atoms with Gasteiger partial charge in [0.25, 0.3) is 11.8 Å². The molecule has 4 fully saturated rings. The minimum Gasteiger partial charge on any atom is -0.495 e. The van der Waals surface area contributed by atoms with Gasteiger partial charge in [0.2, 0.25) is 11.9 Å². The van der Waals surface area contributed by atoms with Gasteiger partial charge in [0, 0.05) is 79.1 Å². The number of fused-ring (bicyclic) bond motifs is 3. The minimum atomic E-state index is -0.516. The van der Waals surface area contributed by atoms with Crippen molar-refractivity contribution in [2.75, 3.05) is 112 Å². The second kappa shape index (κ2) is 24.1. The molecule has 1 saturated carbocycles. The molecule has 3 aromatic carbocycles. The van der Waals surface area contributed by atoms with Crippen molar-refractivity contribution in [2.24, 2.45) is 0 Å². The van der Waals surface area contributed by atoms with E-state index in [0.717, 1.165) is 105 Å². The monoisotopic (exact) mass is 1120 g/mol. The van der Waals surface area contributed by atoms with Crippen LogP contribution >= 0.6 is 11.6 Å². The summed E-state index contributed by atoms with van der Waals surface area (Å²) in [5, 5.41) is 16.4. The van der Waals surface area contributed by atoms with E-state index in [1.165, 1.54) is 0 Å². The lowest BCUT2D eigenvalue weighted by Crippen LogP contribution is -2.56. The first-order valence-corrected chi connectivity index (χ1v) is 29.3. The summed E-state index contributed by atoms with van der Waals surface area (Å²) < 4.78 is 12.6. The molecule has 2 aromatic heterocycles. The Bertz CT molecular complexity index is 3230. The molecule has 5 aromatic rings. The number of rotatable bonds is 16. The van der Waals surface area contributed by atoms with Crippen LogP contribution in [0.3, 0.4) is 0 Å². The van der Waals surface area contributed by atoms with Crippen molar-refractivity contribution in [1.29, 1.82) is 5.26 Å². The van der Waals surface area contributed by atoms with E-state index in [0.29, 0.717) is 91.7 Å². The quantitative estimate of drug-likeness (QED) is 0.0945. The number of benzene rings is 3. The predicted molar refractivity (Wildman–Crippen MR) is 316 cm³/mol. The van der Waals surface area contributed by atoms with Crippen LogP contribution in [0.2, 0.25) is 5.02 Å². The van der Waals surface area contributed by atoms with Crippen LogP contribution in [0.25, 0.3) is 10.8 Å². The lowest BCUT2D eigenvalue weighted by Gasteiger charge is -2.44. The largest absolute Gasteiger partial charge is 0.495 e. The number of halogens is 1. The number of ether oxygens (including phenoxy) is 2. The van der Waals surface area contributed by atoms with Gasteiger partial charge in [-0.25, -0.2) is 4.98 Å². The Morgan fingerprint density at radius 1 is 0.889 bits per heavy atom. The standard InChI is InChI=1S/C61H75ClN14O5/c1-7-49-59(79)71(5)52-34-64-60(67-56(52)76(49)43-15-8-9-16-43)75(50-21-20-41(33-53(50)80-6)57(77)65-42-23-28-69(3)29-24-42)35-39(2)58(78)74-32-31-73(36-44(74)22-26-63)55-46-25-30-72(51-19-11-14-40-13-10-18-47(62)54(40)51)37-48(46)66-61(68-55)81-38-45-17-12-27-70(45)4/h10-11,13-14,18-21,33-34,42-45,49H,2,7-9,12,15-17,22-25,27-32,35-38H2,1,3-6H3,(H,65,77)/t44-,45-,49+/m0/s1. The van der Waals surface area contributed by atoms with Crippen LogP contribution in [0.1, 0.15) is 92.7 Å². The Morgan fingerprint density at radius 3 is 2.42 bits per heavy atom. The van der Waals surface area contributed by atoms with Crippen LogP contribution in [-0.4, -0.2) is 170 Å². The number of likely N-dealkylation sites (tertiary alicyclic amines) is 2. The maximum atomic E-state index is 15.2. The summed E-state index contributed by atoms with van der Waals surface area (Å²) in [6, 6.07) is 19.7. The number of anilines is 6. The molecule has 0 bridgehead atoms. The van der Waals surface area contributed by atoms with Crippen LogP contribution in [0.5, 0.6) is 11.8 Å². The average molecular weight is 1120 g/mol. The molecule has 0 spiro atoms. The van der Waals surface area contributed by atoms with Crippen LogP contribution in [0, 0.1) is 11.3 Å². The highest BCUT2D eigenvalue weighted by Crippen LogP contribution is 2.43. The Labute approximate surface area is 480 Å². The lowest BCUT2D eigenvalue weighted by atomic mass is 10.0. The second-order valence-electron chi connectivity index (χ2n) is 22.8. The number of nitrogens with zero attached hydrogens (tertiary/aromatic N) is 13. The third kappa shape index (κ3) is 11.3. The number of likely N-dealkylation sites (N-methyl/N-ethyl adjacent to an activating group) is 2. The fourth-order valence-corrected chi connectivity index (χ4v) is 13.4. The molecule has 0 radical (unpaired) electrons. The normalized spacial score (nSPS) is 21.0. The maximum Gasteiger partial charge on any atom is 0.318 e. The smallest absolute Gasteiger partial charge is 0.318 e. The van der Waals surface area contributed by atoms with Gasteiger partial charge >= 0.3 is 6.01 Å². The fourth-order valence-electron chi connectivity index (χ4n) is 13.1. The van der Waals surface area contributed by atoms with E-state index >= 15 is 4.79 Å². The first-order valence-electron chi connectivity index (χ1n) is 29.0. The van der Waals surface area contributed by atoms with E-state index in [2.05, 4.69) is 80.8 Å². The first kappa shape index (κ1) is 55.6. The summed E-state index contributed by atoms with van der Waals surface area (Å²) in [5.41, 5.74) is 4.74. The third-order valence-electron chi connectivity index (χ3n) is 17.7. The van der Waals surface area contributed by atoms with Crippen LogP contribution in [0.4, 0.5) is 34.6 Å². The summed E-state index contributed by atoms with van der Waals surface area (Å²) >= 11 is 6.87. The van der Waals surface area contributed by atoms with E-state index in [1.807, 2.05) is 30.0 Å². The van der Waals surface area contributed by atoms with Gasteiger partial charge in [0.05, 0.1) is 61.3 Å². The van der Waals surface area contributed by atoms with Crippen molar-refractivity contribution >= 4 is 74.7 Å². The SMILES string of the molecule is C=C(CN(c1ncc2c(n1)N(C1CCCC1)[C@H](CC)C(=O)N2C)c1ccc(C(=O)NC2CCN(C)CC2)cc1OC)C(=O)N1CCN(c2nc(OC[C@@H]3CCCN3C)nc3c2CCN(c2cccc4cccc(Cl)c24)C3)C[C@@H]1CC#N. The maximum absolute atomic E-state index is 15.2. The van der Waals surface area contributed by atoms with Crippen molar-refractivity contribution in [1.82, 2.24) is 40.0 Å². The summed E-state index contributed by atoms with van der Waals surface area (Å²) in [4.78, 5) is 79.9. The molecular weight excluding hydrogens is 1040 g/mol. The van der Waals surface area contributed by atoms with Crippen LogP contribution in [-0.2, 0) is 22.6 Å². The van der Waals surface area contributed by atoms with Gasteiger partial charge in [0.15, 0.2) is 5.82 Å². The molecule has 426 valence electrons. The second-order valence-corrected chi connectivity index (χ2v) is 23.2. The average Bonchev–Trinajstić information content (AvgIpc) is 4.36. The van der Waals surface area contributed by atoms with Crippen molar-refractivity contribution in [3.8, 4) is 17.8 Å². The number of piperazine rings is 1. The zero-order valence-corrected chi connectivity index (χ0v) is 48.2. The van der Waals surface area contributed by atoms with E-state index in [1.54, 1.807) is 42.3 Å². The number of hydrogen-bond acceptors (Lipinski definition) is 16. The molecule has 81 heavy (non-hydrogen) atoms. The zero-order chi connectivity index (χ0) is 56.5. The lowest BCUT2D eigenvalue weighted by molar-refractivity contribution is -0.129. The number of carbonyl (C=O) groups excluding carboxylic acids is 3. The van der Waals surface area contributed by atoms with Gasteiger partial charge < -0.3 is 54.0 Å². The zero-order valence-electron chi connectivity index (χ0n) is 47.4. The van der Waals surface area contributed by atoms with Gasteiger partial charge in [0.1, 0.15) is 29.9 Å². The predicted octanol–water partition coefficient (Wildman–Crippen LogP) is 7.77. The van der Waals surface area contributed by atoms with E-state index in [-0.39, 0.29) is 60.3 Å². The number of methoxy groups -OCH3 is 1. The molecule has 20 heteroatoms. The van der Waals surface area contributed by atoms with E-state index in [4.69, 9.17) is 41.0 Å². The summed E-state index contributed by atoms with van der Waals surface area (Å²) in [5.74, 6) is 1.56. The van der Waals surface area contributed by atoms with Gasteiger partial charge in [-0.1, -0.05) is 62.2 Å². The molecule has 11 rings (SSSR count). The summed E-state index contributed by atoms with van der Waals surface area (Å²) in [6.45, 7) is 12.0. The van der Waals surface area contributed by atoms with Gasteiger partial charge in [-0.3, -0.25) is 14.4 Å². The molecule has 1 N–H and O–H groups in total. The molecule has 3 atom stereocenters. The van der Waals surface area contributed by atoms with Crippen LogP contribution in [0.15, 0.2) is 72.9 Å². The number of amides is 3. The number of piperidine rings is 1. The highest BCUT2D eigenvalue weighted by molar-refractivity contribution is 6.36. The molecule has 6 aliphatic rings. The molecule has 1 aliphatic carbocycles. The number of carbonyl (C=O) groups is 3. The fraction of sp³-hybridized carbons (Fsp3) is 0.508. The first-order chi connectivity index (χ1) is 39.3. The third-order valence-corrected chi connectivity index (χ3v) is 18.0. The van der Waals surface area contributed by atoms with Crippen molar-refractivity contribution in [3.05, 3.63) is 94.8 Å². The Hall–Kier alpha value is -7.27. The molecule has 5 aliphatic heterocycles. The van der Waals surface area contributed by atoms with Crippen molar-refractivity contribution < 1.29 is 23.9 Å². The Morgan fingerprint density at radius 2 is 1.68 bits per heavy atom. The molecule has 7 heterocycles. The Balaban J connectivity index is 0.893.